The van der Waals surface area contributed by atoms with Crippen molar-refractivity contribution in [3.05, 3.63) is 0 Å². The molecule has 1 aliphatic rings. The average molecular weight is 168 g/mol. The highest BCUT2D eigenvalue weighted by Gasteiger charge is 2.43. The fraction of sp³-hybridized carbons (Fsp3) is 1.00. The Labute approximate surface area is 61.6 Å². The first-order valence-electron chi connectivity index (χ1n) is 3.06. The van der Waals surface area contributed by atoms with Gasteiger partial charge in [-0.25, -0.2) is 4.39 Å². The molecular formula is C5H9FO5. The predicted octanol–water partition coefficient (Wildman–Crippen LogP) is -2.29. The van der Waals surface area contributed by atoms with Gasteiger partial charge in [-0.15, -0.1) is 0 Å². The summed E-state index contributed by atoms with van der Waals surface area (Å²) >= 11 is 0. The van der Waals surface area contributed by atoms with E-state index in [0.29, 0.717) is 0 Å². The molecule has 11 heavy (non-hydrogen) atoms. The minimum atomic E-state index is -2.16. The minimum absolute atomic E-state index is 1.67. The second kappa shape index (κ2) is 3.00. The summed E-state index contributed by atoms with van der Waals surface area (Å²) in [5.74, 6) is 0. The van der Waals surface area contributed by atoms with Crippen LogP contribution >= 0.6 is 0 Å². The first-order chi connectivity index (χ1) is 5.04. The molecule has 0 aromatic heterocycles. The maximum Gasteiger partial charge on any atom is 0.230 e. The van der Waals surface area contributed by atoms with Gasteiger partial charge < -0.3 is 25.2 Å². The van der Waals surface area contributed by atoms with Crippen molar-refractivity contribution in [2.45, 2.75) is 31.0 Å². The van der Waals surface area contributed by atoms with Crippen LogP contribution in [0.15, 0.2) is 0 Å². The zero-order valence-electron chi connectivity index (χ0n) is 5.46. The highest BCUT2D eigenvalue weighted by atomic mass is 19.1. The fourth-order valence-corrected chi connectivity index (χ4v) is 0.820. The molecule has 1 fully saturated rings. The summed E-state index contributed by atoms with van der Waals surface area (Å²) in [5, 5.41) is 35.0. The first-order valence-corrected chi connectivity index (χ1v) is 3.06. The van der Waals surface area contributed by atoms with Crippen LogP contribution in [-0.2, 0) is 4.74 Å². The van der Waals surface area contributed by atoms with Gasteiger partial charge in [-0.2, -0.15) is 0 Å². The van der Waals surface area contributed by atoms with E-state index in [2.05, 4.69) is 4.74 Å². The van der Waals surface area contributed by atoms with Gasteiger partial charge in [-0.1, -0.05) is 0 Å². The Kier molecular flexibility index (Phi) is 2.40. The van der Waals surface area contributed by atoms with Crippen LogP contribution in [0.5, 0.6) is 0 Å². The summed E-state index contributed by atoms with van der Waals surface area (Å²) in [4.78, 5) is 0. The lowest BCUT2D eigenvalue weighted by Gasteiger charge is -2.34. The number of aliphatic hydroxyl groups is 4. The minimum Gasteiger partial charge on any atom is -0.387 e. The zero-order valence-corrected chi connectivity index (χ0v) is 5.46. The van der Waals surface area contributed by atoms with Crippen LogP contribution in [0.3, 0.4) is 0 Å². The van der Waals surface area contributed by atoms with Gasteiger partial charge in [0.1, 0.15) is 18.3 Å². The summed E-state index contributed by atoms with van der Waals surface area (Å²) < 4.78 is 16.4. The number of hydrogen-bond acceptors (Lipinski definition) is 5. The monoisotopic (exact) mass is 168 g/mol. The van der Waals surface area contributed by atoms with Gasteiger partial charge in [0.15, 0.2) is 6.29 Å². The van der Waals surface area contributed by atoms with E-state index in [4.69, 9.17) is 20.4 Å². The molecule has 0 aromatic rings. The fourth-order valence-electron chi connectivity index (χ4n) is 0.820. The molecule has 5 atom stereocenters. The highest BCUT2D eigenvalue weighted by molar-refractivity contribution is 4.83. The number of alkyl halides is 1. The van der Waals surface area contributed by atoms with Crippen LogP contribution < -0.4 is 0 Å². The largest absolute Gasteiger partial charge is 0.387 e. The second-order valence-corrected chi connectivity index (χ2v) is 2.35. The third-order valence-corrected chi connectivity index (χ3v) is 1.53. The van der Waals surface area contributed by atoms with Crippen LogP contribution in [-0.4, -0.2) is 51.4 Å². The number of rotatable bonds is 0. The zero-order chi connectivity index (χ0) is 8.59. The van der Waals surface area contributed by atoms with Gasteiger partial charge in [0, 0.05) is 0 Å². The molecule has 1 aliphatic heterocycles. The smallest absolute Gasteiger partial charge is 0.230 e. The third-order valence-electron chi connectivity index (χ3n) is 1.53. The molecule has 6 heteroatoms. The molecule has 0 bridgehead atoms. The van der Waals surface area contributed by atoms with Crippen LogP contribution in [0, 0.1) is 0 Å². The van der Waals surface area contributed by atoms with Gasteiger partial charge in [0.05, 0.1) is 0 Å². The Morgan fingerprint density at radius 1 is 0.909 bits per heavy atom. The molecule has 0 aromatic carbocycles. The Hall–Kier alpha value is -0.270. The van der Waals surface area contributed by atoms with Crippen molar-refractivity contribution in [2.24, 2.45) is 0 Å². The van der Waals surface area contributed by atoms with Crippen molar-refractivity contribution in [1.29, 1.82) is 0 Å². The highest BCUT2D eigenvalue weighted by Crippen LogP contribution is 2.19. The van der Waals surface area contributed by atoms with Gasteiger partial charge in [0.2, 0.25) is 6.36 Å². The number of ether oxygens (including phenoxy) is 1. The van der Waals surface area contributed by atoms with Crippen molar-refractivity contribution in [1.82, 2.24) is 0 Å². The molecule has 1 rings (SSSR count). The lowest BCUT2D eigenvalue weighted by atomic mass is 10.1. The quantitative estimate of drug-likeness (QED) is 0.327. The summed E-state index contributed by atoms with van der Waals surface area (Å²) in [6, 6.07) is 0. The van der Waals surface area contributed by atoms with Crippen LogP contribution in [0.1, 0.15) is 0 Å². The van der Waals surface area contributed by atoms with Gasteiger partial charge in [-0.05, 0) is 0 Å². The maximum atomic E-state index is 12.3. The Bertz CT molecular complexity index is 129. The summed E-state index contributed by atoms with van der Waals surface area (Å²) in [5.41, 5.74) is 0. The molecule has 4 N–H and O–H groups in total. The second-order valence-electron chi connectivity index (χ2n) is 2.35. The number of hydrogen-bond donors (Lipinski definition) is 4. The van der Waals surface area contributed by atoms with Crippen LogP contribution in [0.25, 0.3) is 0 Å². The predicted molar refractivity (Wildman–Crippen MR) is 30.0 cm³/mol. The Morgan fingerprint density at radius 3 is 2.00 bits per heavy atom. The van der Waals surface area contributed by atoms with Gasteiger partial charge >= 0.3 is 0 Å². The van der Waals surface area contributed by atoms with Crippen molar-refractivity contribution < 1.29 is 29.6 Å². The van der Waals surface area contributed by atoms with Crippen LogP contribution in [0.2, 0.25) is 0 Å². The van der Waals surface area contributed by atoms with Crippen LogP contribution in [0.4, 0.5) is 4.39 Å². The van der Waals surface area contributed by atoms with Crippen molar-refractivity contribution in [2.75, 3.05) is 0 Å². The van der Waals surface area contributed by atoms with E-state index in [1.54, 1.807) is 0 Å². The standard InChI is InChI=1S/C5H9FO5/c6-4-2(8)1(7)3(9)5(10)11-4/h1-5,7-10H/t1-,2+,3-,4-,5+/m1/s1. The van der Waals surface area contributed by atoms with Crippen molar-refractivity contribution in [3.8, 4) is 0 Å². The molecule has 0 radical (unpaired) electrons. The molecule has 0 amide bonds. The molecule has 5 nitrogen and oxygen atoms in total. The number of aliphatic hydroxyl groups excluding tert-OH is 4. The molecule has 0 spiro atoms. The molecule has 0 aliphatic carbocycles. The lowest BCUT2D eigenvalue weighted by molar-refractivity contribution is -0.309. The molecule has 66 valence electrons. The summed E-state index contributed by atoms with van der Waals surface area (Å²) in [6.45, 7) is 0. The van der Waals surface area contributed by atoms with Crippen molar-refractivity contribution >= 4 is 0 Å². The Balaban J connectivity index is 2.63. The van der Waals surface area contributed by atoms with Gasteiger partial charge in [0.25, 0.3) is 0 Å². The maximum absolute atomic E-state index is 12.3. The van der Waals surface area contributed by atoms with E-state index in [0.717, 1.165) is 0 Å². The van der Waals surface area contributed by atoms with E-state index in [1.807, 2.05) is 0 Å². The topological polar surface area (TPSA) is 90.2 Å². The van der Waals surface area contributed by atoms with E-state index >= 15 is 0 Å². The molecule has 0 saturated carbocycles. The molecular weight excluding hydrogens is 159 g/mol. The lowest BCUT2D eigenvalue weighted by Crippen LogP contribution is -2.56. The van der Waals surface area contributed by atoms with E-state index < -0.39 is 31.0 Å². The van der Waals surface area contributed by atoms with E-state index in [1.165, 1.54) is 0 Å². The van der Waals surface area contributed by atoms with Crippen molar-refractivity contribution in [3.63, 3.8) is 0 Å². The third kappa shape index (κ3) is 1.49. The number of halogens is 1. The molecule has 0 unspecified atom stereocenters. The van der Waals surface area contributed by atoms with E-state index in [9.17, 15) is 4.39 Å². The summed E-state index contributed by atoms with van der Waals surface area (Å²) in [7, 11) is 0. The SMILES string of the molecule is O[C@H]1[C@@H](O)[C@@H](O)O[C@@H](F)[C@H]1O. The van der Waals surface area contributed by atoms with Gasteiger partial charge in [-0.3, -0.25) is 0 Å². The first kappa shape index (κ1) is 8.82. The molecule has 1 heterocycles. The average Bonchev–Trinajstić information content (AvgIpc) is 1.97. The molecule has 1 saturated heterocycles. The summed E-state index contributed by atoms with van der Waals surface area (Å²) in [6.07, 6.45) is -9.15. The normalized spacial score (nSPS) is 52.6. The van der Waals surface area contributed by atoms with E-state index in [-0.39, 0.29) is 0 Å². The Morgan fingerprint density at radius 2 is 1.45 bits per heavy atom.